The second-order valence-corrected chi connectivity index (χ2v) is 5.38. The van der Waals surface area contributed by atoms with Crippen LogP contribution in [-0.4, -0.2) is 0 Å². The highest BCUT2D eigenvalue weighted by Gasteiger charge is 2.15. The molecular weight excluding hydrogens is 223 g/mol. The standard InChI is InChI=1S/C17H23F/c1-2-3-4-6-14-9-11-15(12-10-14)16-7-5-8-17(18)13-16/h5,7-8,11,13-14H,2-4,6,9-10,12H2,1H3. The lowest BCUT2D eigenvalue weighted by atomic mass is 9.84. The van der Waals surface area contributed by atoms with Crippen LogP contribution in [0.25, 0.3) is 5.57 Å². The third kappa shape index (κ3) is 3.69. The van der Waals surface area contributed by atoms with Crippen LogP contribution in [0.2, 0.25) is 0 Å². The molecule has 98 valence electrons. The van der Waals surface area contributed by atoms with E-state index < -0.39 is 0 Å². The summed E-state index contributed by atoms with van der Waals surface area (Å²) in [4.78, 5) is 0. The zero-order valence-corrected chi connectivity index (χ0v) is 11.3. The Kier molecular flexibility index (Phi) is 4.98. The fraction of sp³-hybridized carbons (Fsp3) is 0.529. The Hall–Kier alpha value is -1.11. The second kappa shape index (κ2) is 6.72. The van der Waals surface area contributed by atoms with Gasteiger partial charge in [-0.05, 0) is 48.4 Å². The van der Waals surface area contributed by atoms with E-state index in [1.54, 1.807) is 12.1 Å². The Morgan fingerprint density at radius 2 is 2.17 bits per heavy atom. The molecule has 0 nitrogen and oxygen atoms in total. The molecule has 1 atom stereocenters. The van der Waals surface area contributed by atoms with Crippen LogP contribution in [0.1, 0.15) is 57.4 Å². The molecule has 1 aromatic rings. The number of unbranched alkanes of at least 4 members (excludes halogenated alkanes) is 2. The van der Waals surface area contributed by atoms with Gasteiger partial charge in [-0.15, -0.1) is 0 Å². The molecule has 0 fully saturated rings. The topological polar surface area (TPSA) is 0 Å². The van der Waals surface area contributed by atoms with E-state index in [0.717, 1.165) is 17.9 Å². The first-order valence-electron chi connectivity index (χ1n) is 7.24. The van der Waals surface area contributed by atoms with Gasteiger partial charge in [0, 0.05) is 0 Å². The first-order valence-corrected chi connectivity index (χ1v) is 7.24. The third-order valence-corrected chi connectivity index (χ3v) is 3.93. The van der Waals surface area contributed by atoms with Gasteiger partial charge >= 0.3 is 0 Å². The molecule has 0 spiro atoms. The van der Waals surface area contributed by atoms with Crippen molar-refractivity contribution in [3.63, 3.8) is 0 Å². The molecule has 1 aliphatic rings. The van der Waals surface area contributed by atoms with Gasteiger partial charge in [0.05, 0.1) is 0 Å². The van der Waals surface area contributed by atoms with Crippen LogP contribution >= 0.6 is 0 Å². The van der Waals surface area contributed by atoms with Crippen molar-refractivity contribution >= 4 is 5.57 Å². The molecule has 0 aromatic heterocycles. The molecule has 0 radical (unpaired) electrons. The van der Waals surface area contributed by atoms with E-state index in [2.05, 4.69) is 13.0 Å². The highest BCUT2D eigenvalue weighted by Crippen LogP contribution is 2.32. The number of allylic oxidation sites excluding steroid dienone is 2. The Labute approximate surface area is 110 Å². The molecule has 0 saturated carbocycles. The van der Waals surface area contributed by atoms with Crippen molar-refractivity contribution in [1.29, 1.82) is 0 Å². The lowest BCUT2D eigenvalue weighted by Gasteiger charge is -2.22. The van der Waals surface area contributed by atoms with Crippen molar-refractivity contribution in [3.05, 3.63) is 41.7 Å². The van der Waals surface area contributed by atoms with Crippen LogP contribution in [0.3, 0.4) is 0 Å². The van der Waals surface area contributed by atoms with Crippen molar-refractivity contribution in [2.75, 3.05) is 0 Å². The van der Waals surface area contributed by atoms with Crippen LogP contribution in [0.15, 0.2) is 30.3 Å². The molecular formula is C17H23F. The minimum absolute atomic E-state index is 0.126. The summed E-state index contributed by atoms with van der Waals surface area (Å²) in [6.07, 6.45) is 11.3. The monoisotopic (exact) mass is 246 g/mol. The average molecular weight is 246 g/mol. The summed E-state index contributed by atoms with van der Waals surface area (Å²) in [7, 11) is 0. The average Bonchev–Trinajstić information content (AvgIpc) is 2.40. The molecule has 0 N–H and O–H groups in total. The van der Waals surface area contributed by atoms with E-state index in [1.807, 2.05) is 6.07 Å². The smallest absolute Gasteiger partial charge is 0.123 e. The van der Waals surface area contributed by atoms with Gasteiger partial charge in [0.25, 0.3) is 0 Å². The normalized spacial score (nSPS) is 19.7. The first kappa shape index (κ1) is 13.3. The van der Waals surface area contributed by atoms with Gasteiger partial charge in [0.15, 0.2) is 0 Å². The number of benzene rings is 1. The van der Waals surface area contributed by atoms with Crippen molar-refractivity contribution in [1.82, 2.24) is 0 Å². The van der Waals surface area contributed by atoms with Crippen molar-refractivity contribution in [2.45, 2.75) is 51.9 Å². The van der Waals surface area contributed by atoms with E-state index in [-0.39, 0.29) is 5.82 Å². The molecule has 0 amide bonds. The van der Waals surface area contributed by atoms with Crippen molar-refractivity contribution in [2.24, 2.45) is 5.92 Å². The quantitative estimate of drug-likeness (QED) is 0.594. The largest absolute Gasteiger partial charge is 0.207 e. The molecule has 1 unspecified atom stereocenters. The molecule has 0 aliphatic heterocycles. The van der Waals surface area contributed by atoms with Gasteiger partial charge in [0.2, 0.25) is 0 Å². The van der Waals surface area contributed by atoms with E-state index >= 15 is 0 Å². The minimum atomic E-state index is -0.126. The predicted molar refractivity (Wildman–Crippen MR) is 75.9 cm³/mol. The summed E-state index contributed by atoms with van der Waals surface area (Å²) >= 11 is 0. The molecule has 1 heteroatoms. The number of rotatable bonds is 5. The van der Waals surface area contributed by atoms with Crippen LogP contribution in [0, 0.1) is 11.7 Å². The Balaban J connectivity index is 1.90. The SMILES string of the molecule is CCCCCC1CC=C(c2cccc(F)c2)CC1. The molecule has 0 heterocycles. The number of hydrogen-bond acceptors (Lipinski definition) is 0. The highest BCUT2D eigenvalue weighted by molar-refractivity contribution is 5.66. The van der Waals surface area contributed by atoms with E-state index in [9.17, 15) is 4.39 Å². The molecule has 0 bridgehead atoms. The van der Waals surface area contributed by atoms with Crippen LogP contribution < -0.4 is 0 Å². The van der Waals surface area contributed by atoms with Crippen LogP contribution in [0.4, 0.5) is 4.39 Å². The maximum atomic E-state index is 13.2. The van der Waals surface area contributed by atoms with Crippen molar-refractivity contribution < 1.29 is 4.39 Å². The lowest BCUT2D eigenvalue weighted by molar-refractivity contribution is 0.428. The summed E-state index contributed by atoms with van der Waals surface area (Å²) in [5.41, 5.74) is 2.41. The van der Waals surface area contributed by atoms with Gasteiger partial charge in [-0.1, -0.05) is 50.8 Å². The predicted octanol–water partition coefficient (Wildman–Crippen LogP) is 5.59. The number of hydrogen-bond donors (Lipinski definition) is 0. The molecule has 1 aromatic carbocycles. The Morgan fingerprint density at radius 3 is 2.83 bits per heavy atom. The molecule has 0 saturated heterocycles. The van der Waals surface area contributed by atoms with Gasteiger partial charge in [-0.25, -0.2) is 4.39 Å². The lowest BCUT2D eigenvalue weighted by Crippen LogP contribution is -2.05. The molecule has 2 rings (SSSR count). The van der Waals surface area contributed by atoms with Gasteiger partial charge in [-0.2, -0.15) is 0 Å². The molecule has 1 aliphatic carbocycles. The van der Waals surface area contributed by atoms with E-state index in [0.29, 0.717) is 0 Å². The summed E-state index contributed by atoms with van der Waals surface area (Å²) in [6.45, 7) is 2.25. The van der Waals surface area contributed by atoms with Gasteiger partial charge < -0.3 is 0 Å². The first-order chi connectivity index (χ1) is 8.79. The summed E-state index contributed by atoms with van der Waals surface area (Å²) < 4.78 is 13.2. The Morgan fingerprint density at radius 1 is 1.28 bits per heavy atom. The number of halogens is 1. The van der Waals surface area contributed by atoms with Gasteiger partial charge in [-0.3, -0.25) is 0 Å². The maximum Gasteiger partial charge on any atom is 0.123 e. The minimum Gasteiger partial charge on any atom is -0.207 e. The zero-order chi connectivity index (χ0) is 12.8. The Bertz CT molecular complexity index is 406. The molecule has 18 heavy (non-hydrogen) atoms. The zero-order valence-electron chi connectivity index (χ0n) is 11.3. The highest BCUT2D eigenvalue weighted by atomic mass is 19.1. The fourth-order valence-corrected chi connectivity index (χ4v) is 2.78. The fourth-order valence-electron chi connectivity index (χ4n) is 2.78. The van der Waals surface area contributed by atoms with Crippen LogP contribution in [0.5, 0.6) is 0 Å². The summed E-state index contributed by atoms with van der Waals surface area (Å²) in [6, 6.07) is 6.99. The van der Waals surface area contributed by atoms with Gasteiger partial charge in [0.1, 0.15) is 5.82 Å². The second-order valence-electron chi connectivity index (χ2n) is 5.38. The summed E-state index contributed by atoms with van der Waals surface area (Å²) in [5.74, 6) is 0.729. The third-order valence-electron chi connectivity index (χ3n) is 3.93. The summed E-state index contributed by atoms with van der Waals surface area (Å²) in [5, 5.41) is 0. The van der Waals surface area contributed by atoms with Crippen molar-refractivity contribution in [3.8, 4) is 0 Å². The maximum absolute atomic E-state index is 13.2. The van der Waals surface area contributed by atoms with E-state index in [1.165, 1.54) is 50.2 Å². The van der Waals surface area contributed by atoms with E-state index in [4.69, 9.17) is 0 Å². The van der Waals surface area contributed by atoms with Crippen LogP contribution in [-0.2, 0) is 0 Å².